The minimum absolute atomic E-state index is 0.0480. The number of carbonyl (C=O) groups is 1. The average Bonchev–Trinajstić information content (AvgIpc) is 2.29. The van der Waals surface area contributed by atoms with E-state index in [0.29, 0.717) is 19.0 Å². The highest BCUT2D eigenvalue weighted by Crippen LogP contribution is 2.28. The number of ether oxygens (including phenoxy) is 2. The van der Waals surface area contributed by atoms with Crippen molar-refractivity contribution in [3.8, 4) is 11.5 Å². The van der Waals surface area contributed by atoms with Crippen molar-refractivity contribution < 1.29 is 26.6 Å². The summed E-state index contributed by atoms with van der Waals surface area (Å²) in [4.78, 5) is 11.5. The van der Waals surface area contributed by atoms with E-state index in [1.54, 1.807) is 13.8 Å². The van der Waals surface area contributed by atoms with Crippen molar-refractivity contribution in [2.45, 2.75) is 13.8 Å². The van der Waals surface area contributed by atoms with Crippen molar-refractivity contribution >= 4 is 16.3 Å². The summed E-state index contributed by atoms with van der Waals surface area (Å²) in [7, 11) is -5.09. The molecule has 0 unspecified atom stereocenters. The standard InChI is InChI=1S/C11H14FNO5S/c1-3-17-9-6-5-8(7-10(9)18-4-2)11(14)13-19(12,15)16/h5-7H,3-4H2,1-2H3,(H,13,14). The Morgan fingerprint density at radius 2 is 1.79 bits per heavy atom. The van der Waals surface area contributed by atoms with Crippen molar-refractivity contribution in [2.75, 3.05) is 13.2 Å². The molecule has 8 heteroatoms. The molecule has 0 bridgehead atoms. The van der Waals surface area contributed by atoms with Gasteiger partial charge < -0.3 is 9.47 Å². The maximum absolute atomic E-state index is 12.4. The number of nitrogens with one attached hydrogen (secondary N) is 1. The van der Waals surface area contributed by atoms with Gasteiger partial charge in [-0.15, -0.1) is 0 Å². The molecule has 0 aliphatic heterocycles. The van der Waals surface area contributed by atoms with Crippen molar-refractivity contribution in [2.24, 2.45) is 0 Å². The maximum atomic E-state index is 12.4. The van der Waals surface area contributed by atoms with Crippen LogP contribution in [0, 0.1) is 0 Å². The van der Waals surface area contributed by atoms with Crippen molar-refractivity contribution in [1.29, 1.82) is 0 Å². The fourth-order valence-corrected chi connectivity index (χ4v) is 1.70. The van der Waals surface area contributed by atoms with Crippen molar-refractivity contribution in [3.05, 3.63) is 23.8 Å². The van der Waals surface area contributed by atoms with Gasteiger partial charge in [0, 0.05) is 5.56 Å². The average molecular weight is 291 g/mol. The lowest BCUT2D eigenvalue weighted by Crippen LogP contribution is -2.27. The molecule has 0 aliphatic carbocycles. The molecule has 0 saturated carbocycles. The lowest BCUT2D eigenvalue weighted by Gasteiger charge is -2.11. The Morgan fingerprint density at radius 3 is 2.32 bits per heavy atom. The first-order chi connectivity index (χ1) is 8.87. The highest BCUT2D eigenvalue weighted by Gasteiger charge is 2.16. The summed E-state index contributed by atoms with van der Waals surface area (Å²) in [5.74, 6) is -0.372. The van der Waals surface area contributed by atoms with Gasteiger partial charge in [0.1, 0.15) is 0 Å². The van der Waals surface area contributed by atoms with E-state index < -0.39 is 16.3 Å². The van der Waals surface area contributed by atoms with Gasteiger partial charge in [-0.2, -0.15) is 8.42 Å². The van der Waals surface area contributed by atoms with Gasteiger partial charge in [-0.25, -0.2) is 4.72 Å². The van der Waals surface area contributed by atoms with Crippen LogP contribution in [-0.2, 0) is 10.4 Å². The number of amides is 1. The van der Waals surface area contributed by atoms with Crippen LogP contribution >= 0.6 is 0 Å². The Morgan fingerprint density at radius 1 is 1.21 bits per heavy atom. The Balaban J connectivity index is 3.03. The van der Waals surface area contributed by atoms with E-state index in [-0.39, 0.29) is 11.3 Å². The van der Waals surface area contributed by atoms with Crippen LogP contribution in [-0.4, -0.2) is 27.5 Å². The normalized spacial score (nSPS) is 10.9. The number of benzene rings is 1. The third-order valence-corrected chi connectivity index (χ3v) is 2.45. The predicted octanol–water partition coefficient (Wildman–Crippen LogP) is 1.43. The van der Waals surface area contributed by atoms with E-state index in [0.717, 1.165) is 0 Å². The molecule has 1 amide bonds. The lowest BCUT2D eigenvalue weighted by atomic mass is 10.2. The SMILES string of the molecule is CCOc1ccc(C(=O)NS(=O)(=O)F)cc1OCC. The van der Waals surface area contributed by atoms with E-state index in [1.165, 1.54) is 22.9 Å². The molecule has 6 nitrogen and oxygen atoms in total. The fraction of sp³-hybridized carbons (Fsp3) is 0.364. The van der Waals surface area contributed by atoms with Crippen LogP contribution in [0.1, 0.15) is 24.2 Å². The molecule has 0 saturated heterocycles. The molecule has 0 radical (unpaired) electrons. The smallest absolute Gasteiger partial charge is 0.399 e. The van der Waals surface area contributed by atoms with Crippen LogP contribution < -0.4 is 14.2 Å². The van der Waals surface area contributed by atoms with Gasteiger partial charge in [0.2, 0.25) is 0 Å². The lowest BCUT2D eigenvalue weighted by molar-refractivity contribution is 0.0979. The van der Waals surface area contributed by atoms with Gasteiger partial charge in [-0.05, 0) is 32.0 Å². The highest BCUT2D eigenvalue weighted by molar-refractivity contribution is 7.85. The van der Waals surface area contributed by atoms with Crippen LogP contribution in [0.5, 0.6) is 11.5 Å². The molecule has 1 aromatic carbocycles. The predicted molar refractivity (Wildman–Crippen MR) is 66.3 cm³/mol. The van der Waals surface area contributed by atoms with Crippen LogP contribution in [0.2, 0.25) is 0 Å². The fourth-order valence-electron chi connectivity index (χ4n) is 1.36. The largest absolute Gasteiger partial charge is 0.490 e. The molecular formula is C11H14FNO5S. The minimum atomic E-state index is -5.09. The summed E-state index contributed by atoms with van der Waals surface area (Å²) in [6, 6.07) is 4.05. The van der Waals surface area contributed by atoms with Crippen LogP contribution in [0.3, 0.4) is 0 Å². The molecule has 0 aliphatic rings. The second kappa shape index (κ2) is 6.37. The monoisotopic (exact) mass is 291 g/mol. The molecule has 0 fully saturated rings. The molecule has 1 aromatic rings. The number of carbonyl (C=O) groups excluding carboxylic acids is 1. The number of hydrogen-bond donors (Lipinski definition) is 1. The molecular weight excluding hydrogens is 277 g/mol. The maximum Gasteiger partial charge on any atom is 0.399 e. The topological polar surface area (TPSA) is 81.7 Å². The third kappa shape index (κ3) is 4.74. The van der Waals surface area contributed by atoms with Crippen LogP contribution in [0.4, 0.5) is 3.89 Å². The van der Waals surface area contributed by atoms with E-state index in [2.05, 4.69) is 0 Å². The third-order valence-electron chi connectivity index (χ3n) is 2.02. The van der Waals surface area contributed by atoms with E-state index in [9.17, 15) is 17.1 Å². The van der Waals surface area contributed by atoms with Gasteiger partial charge in [0.25, 0.3) is 5.91 Å². The molecule has 19 heavy (non-hydrogen) atoms. The second-order valence-electron chi connectivity index (χ2n) is 3.40. The molecule has 0 aromatic heterocycles. The van der Waals surface area contributed by atoms with Crippen LogP contribution in [0.25, 0.3) is 0 Å². The Labute approximate surface area is 110 Å². The molecule has 0 heterocycles. The molecule has 106 valence electrons. The Bertz CT molecular complexity index is 558. The van der Waals surface area contributed by atoms with Gasteiger partial charge in [0.15, 0.2) is 11.5 Å². The summed E-state index contributed by atoms with van der Waals surface area (Å²) < 4.78 is 44.8. The summed E-state index contributed by atoms with van der Waals surface area (Å²) in [6.07, 6.45) is 0. The zero-order valence-electron chi connectivity index (χ0n) is 10.5. The second-order valence-corrected chi connectivity index (χ2v) is 4.48. The zero-order chi connectivity index (χ0) is 14.5. The van der Waals surface area contributed by atoms with Crippen molar-refractivity contribution in [3.63, 3.8) is 0 Å². The number of halogens is 1. The summed E-state index contributed by atoms with van der Waals surface area (Å²) in [6.45, 7) is 4.28. The summed E-state index contributed by atoms with van der Waals surface area (Å²) in [5, 5.41) is 0. The first-order valence-electron chi connectivity index (χ1n) is 5.53. The van der Waals surface area contributed by atoms with Crippen molar-refractivity contribution in [1.82, 2.24) is 4.72 Å². The number of hydrogen-bond acceptors (Lipinski definition) is 5. The van der Waals surface area contributed by atoms with Gasteiger partial charge in [0.05, 0.1) is 13.2 Å². The minimum Gasteiger partial charge on any atom is -0.490 e. The quantitative estimate of drug-likeness (QED) is 0.802. The summed E-state index contributed by atoms with van der Waals surface area (Å²) >= 11 is 0. The van der Waals surface area contributed by atoms with Gasteiger partial charge in [-0.3, -0.25) is 4.79 Å². The van der Waals surface area contributed by atoms with E-state index in [4.69, 9.17) is 9.47 Å². The Kier molecular flexibility index (Phi) is 5.11. The molecule has 0 spiro atoms. The summed E-state index contributed by atoms with van der Waals surface area (Å²) in [5.41, 5.74) is -0.0480. The van der Waals surface area contributed by atoms with Gasteiger partial charge >= 0.3 is 10.4 Å². The van der Waals surface area contributed by atoms with Gasteiger partial charge in [-0.1, -0.05) is 3.89 Å². The molecule has 0 atom stereocenters. The van der Waals surface area contributed by atoms with E-state index in [1.807, 2.05) is 0 Å². The highest BCUT2D eigenvalue weighted by atomic mass is 32.3. The molecule has 1 rings (SSSR count). The Hall–Kier alpha value is -1.83. The first-order valence-corrected chi connectivity index (χ1v) is 6.92. The first kappa shape index (κ1) is 15.2. The van der Waals surface area contributed by atoms with Crippen LogP contribution in [0.15, 0.2) is 18.2 Å². The van der Waals surface area contributed by atoms with E-state index >= 15 is 0 Å². The molecule has 1 N–H and O–H groups in total. The zero-order valence-corrected chi connectivity index (χ0v) is 11.3. The number of rotatable bonds is 6.